The maximum atomic E-state index is 10.1. The summed E-state index contributed by atoms with van der Waals surface area (Å²) in [5.74, 6) is 0.0926. The molecule has 1 aliphatic rings. The highest BCUT2D eigenvalue weighted by atomic mass is 16.7. The molecule has 21 heavy (non-hydrogen) atoms. The van der Waals surface area contributed by atoms with Gasteiger partial charge >= 0.3 is 0 Å². The molecule has 4 N–H and O–H groups in total. The SMILES string of the molecule is CC(C)(C)OC1CC(O)C(O)C(CO)O1.CCC(=O)NC. The van der Waals surface area contributed by atoms with Crippen molar-refractivity contribution in [2.75, 3.05) is 13.7 Å². The predicted octanol–water partition coefficient (Wildman–Crippen LogP) is -0.227. The summed E-state index contributed by atoms with van der Waals surface area (Å²) in [6.07, 6.45) is -2.52. The van der Waals surface area contributed by atoms with Gasteiger partial charge in [0.2, 0.25) is 5.91 Å². The molecule has 126 valence electrons. The second-order valence-electron chi connectivity index (χ2n) is 5.84. The van der Waals surface area contributed by atoms with Crippen LogP contribution < -0.4 is 5.32 Å². The maximum absolute atomic E-state index is 10.1. The smallest absolute Gasteiger partial charge is 0.219 e. The van der Waals surface area contributed by atoms with Crippen LogP contribution in [-0.2, 0) is 14.3 Å². The van der Waals surface area contributed by atoms with Gasteiger partial charge < -0.3 is 30.1 Å². The van der Waals surface area contributed by atoms with Crippen LogP contribution in [0.2, 0.25) is 0 Å². The number of ether oxygens (including phenoxy) is 2. The van der Waals surface area contributed by atoms with Crippen molar-refractivity contribution in [2.45, 2.75) is 70.7 Å². The molecule has 7 nitrogen and oxygen atoms in total. The zero-order valence-corrected chi connectivity index (χ0v) is 13.5. The third kappa shape index (κ3) is 8.33. The van der Waals surface area contributed by atoms with Crippen molar-refractivity contribution in [3.05, 3.63) is 0 Å². The van der Waals surface area contributed by atoms with E-state index in [4.69, 9.17) is 14.6 Å². The van der Waals surface area contributed by atoms with Gasteiger partial charge in [0, 0.05) is 19.9 Å². The lowest BCUT2D eigenvalue weighted by atomic mass is 10.0. The first-order chi connectivity index (χ1) is 9.64. The summed E-state index contributed by atoms with van der Waals surface area (Å²) in [5, 5.41) is 30.4. The van der Waals surface area contributed by atoms with E-state index in [0.29, 0.717) is 6.42 Å². The van der Waals surface area contributed by atoms with E-state index in [1.165, 1.54) is 0 Å². The van der Waals surface area contributed by atoms with Gasteiger partial charge in [0.1, 0.15) is 12.2 Å². The van der Waals surface area contributed by atoms with E-state index >= 15 is 0 Å². The Morgan fingerprint density at radius 2 is 1.95 bits per heavy atom. The highest BCUT2D eigenvalue weighted by Gasteiger charge is 2.38. The molecule has 0 spiro atoms. The number of amides is 1. The van der Waals surface area contributed by atoms with Crippen molar-refractivity contribution >= 4 is 5.91 Å². The van der Waals surface area contributed by atoms with E-state index in [2.05, 4.69) is 5.32 Å². The van der Waals surface area contributed by atoms with Gasteiger partial charge in [-0.05, 0) is 20.8 Å². The molecular weight excluding hydrogens is 278 g/mol. The van der Waals surface area contributed by atoms with Crippen LogP contribution in [-0.4, -0.2) is 65.1 Å². The van der Waals surface area contributed by atoms with E-state index < -0.39 is 24.6 Å². The Hall–Kier alpha value is -0.730. The Bertz CT molecular complexity index is 298. The summed E-state index contributed by atoms with van der Waals surface area (Å²) in [6.45, 7) is 7.12. The normalized spacial score (nSPS) is 29.3. The molecule has 0 aromatic carbocycles. The van der Waals surface area contributed by atoms with Gasteiger partial charge in [-0.2, -0.15) is 0 Å². The van der Waals surface area contributed by atoms with Gasteiger partial charge in [0.15, 0.2) is 6.29 Å². The van der Waals surface area contributed by atoms with Crippen LogP contribution in [0.5, 0.6) is 0 Å². The predicted molar refractivity (Wildman–Crippen MR) is 77.6 cm³/mol. The van der Waals surface area contributed by atoms with E-state index in [9.17, 15) is 15.0 Å². The first-order valence-corrected chi connectivity index (χ1v) is 7.15. The van der Waals surface area contributed by atoms with Gasteiger partial charge in [-0.15, -0.1) is 0 Å². The Labute approximate surface area is 126 Å². The molecule has 4 atom stereocenters. The number of carbonyl (C=O) groups is 1. The topological polar surface area (TPSA) is 108 Å². The number of hydrogen-bond acceptors (Lipinski definition) is 6. The van der Waals surface area contributed by atoms with E-state index in [0.717, 1.165) is 0 Å². The van der Waals surface area contributed by atoms with E-state index in [1.54, 1.807) is 7.05 Å². The molecule has 1 fully saturated rings. The first kappa shape index (κ1) is 20.3. The van der Waals surface area contributed by atoms with Gasteiger partial charge in [0.05, 0.1) is 18.3 Å². The standard InChI is InChI=1S/C10H20O5.C4H9NO/c1-10(2,3)15-8-4-6(12)9(13)7(5-11)14-8;1-3-4(6)5-2/h6-9,11-13H,4-5H2,1-3H3;3H2,1-2H3,(H,5,6). The van der Waals surface area contributed by atoms with Gasteiger partial charge in [-0.1, -0.05) is 6.92 Å². The van der Waals surface area contributed by atoms with Crippen molar-refractivity contribution in [2.24, 2.45) is 0 Å². The van der Waals surface area contributed by atoms with Crippen LogP contribution in [0.1, 0.15) is 40.5 Å². The molecule has 1 rings (SSSR count). The van der Waals surface area contributed by atoms with Crippen LogP contribution in [0, 0.1) is 0 Å². The summed E-state index contributed by atoms with van der Waals surface area (Å²) in [4.78, 5) is 10.1. The van der Waals surface area contributed by atoms with Crippen molar-refractivity contribution in [3.8, 4) is 0 Å². The Morgan fingerprint density at radius 1 is 1.38 bits per heavy atom. The molecule has 1 saturated heterocycles. The number of aliphatic hydroxyl groups excluding tert-OH is 3. The van der Waals surface area contributed by atoms with E-state index in [-0.39, 0.29) is 24.5 Å². The summed E-state index contributed by atoms with van der Waals surface area (Å²) >= 11 is 0. The second-order valence-corrected chi connectivity index (χ2v) is 5.84. The monoisotopic (exact) mass is 307 g/mol. The average Bonchev–Trinajstić information content (AvgIpc) is 2.40. The molecule has 1 amide bonds. The van der Waals surface area contributed by atoms with Crippen molar-refractivity contribution in [1.82, 2.24) is 5.32 Å². The van der Waals surface area contributed by atoms with Crippen molar-refractivity contribution < 1.29 is 29.6 Å². The average molecular weight is 307 g/mol. The lowest BCUT2D eigenvalue weighted by molar-refractivity contribution is -0.280. The lowest BCUT2D eigenvalue weighted by Gasteiger charge is -2.38. The highest BCUT2D eigenvalue weighted by Crippen LogP contribution is 2.24. The number of nitrogens with one attached hydrogen (secondary N) is 1. The first-order valence-electron chi connectivity index (χ1n) is 7.15. The number of carbonyl (C=O) groups excluding carboxylic acids is 1. The fourth-order valence-electron chi connectivity index (χ4n) is 1.71. The number of rotatable bonds is 3. The minimum Gasteiger partial charge on any atom is -0.394 e. The molecule has 0 radical (unpaired) electrons. The van der Waals surface area contributed by atoms with Gasteiger partial charge in [-0.3, -0.25) is 4.79 Å². The molecule has 0 aromatic heterocycles. The van der Waals surface area contributed by atoms with Crippen molar-refractivity contribution in [1.29, 1.82) is 0 Å². The van der Waals surface area contributed by atoms with Gasteiger partial charge in [0.25, 0.3) is 0 Å². The summed E-state index contributed by atoms with van der Waals surface area (Å²) in [6, 6.07) is 0. The Morgan fingerprint density at radius 3 is 2.29 bits per heavy atom. The quantitative estimate of drug-likeness (QED) is 0.574. The highest BCUT2D eigenvalue weighted by molar-refractivity contribution is 5.74. The van der Waals surface area contributed by atoms with Crippen LogP contribution >= 0.6 is 0 Å². The molecule has 0 aromatic rings. The van der Waals surface area contributed by atoms with Crippen LogP contribution in [0.4, 0.5) is 0 Å². The van der Waals surface area contributed by atoms with Crippen LogP contribution in [0.25, 0.3) is 0 Å². The van der Waals surface area contributed by atoms with Crippen LogP contribution in [0.15, 0.2) is 0 Å². The zero-order chi connectivity index (χ0) is 16.6. The second kappa shape index (κ2) is 9.32. The fourth-order valence-corrected chi connectivity index (χ4v) is 1.71. The molecule has 7 heteroatoms. The Balaban J connectivity index is 0.000000567. The number of aliphatic hydroxyl groups is 3. The fraction of sp³-hybridized carbons (Fsp3) is 0.929. The number of hydrogen-bond donors (Lipinski definition) is 4. The minimum atomic E-state index is -1.05. The molecule has 4 unspecified atom stereocenters. The largest absolute Gasteiger partial charge is 0.394 e. The molecule has 1 heterocycles. The summed E-state index contributed by atoms with van der Waals surface area (Å²) in [7, 11) is 1.63. The maximum Gasteiger partial charge on any atom is 0.219 e. The van der Waals surface area contributed by atoms with Gasteiger partial charge in [-0.25, -0.2) is 0 Å². The Kier molecular flexibility index (Phi) is 9.00. The molecule has 0 aliphatic carbocycles. The third-order valence-electron chi connectivity index (χ3n) is 2.80. The van der Waals surface area contributed by atoms with E-state index in [1.807, 2.05) is 27.7 Å². The molecule has 0 bridgehead atoms. The lowest BCUT2D eigenvalue weighted by Crippen LogP contribution is -2.51. The summed E-state index contributed by atoms with van der Waals surface area (Å²) in [5.41, 5.74) is -0.382. The molecule has 0 saturated carbocycles. The summed E-state index contributed by atoms with van der Waals surface area (Å²) < 4.78 is 10.8. The van der Waals surface area contributed by atoms with Crippen molar-refractivity contribution in [3.63, 3.8) is 0 Å². The minimum absolute atomic E-state index is 0.0926. The zero-order valence-electron chi connectivity index (χ0n) is 13.5. The third-order valence-corrected chi connectivity index (χ3v) is 2.80. The van der Waals surface area contributed by atoms with Crippen LogP contribution in [0.3, 0.4) is 0 Å². The molecule has 1 aliphatic heterocycles. The molecular formula is C14H29NO6.